The van der Waals surface area contributed by atoms with E-state index in [1.54, 1.807) is 0 Å². The van der Waals surface area contributed by atoms with Gasteiger partial charge in [0, 0.05) is 0 Å². The molecule has 0 saturated carbocycles. The second-order valence-corrected chi connectivity index (χ2v) is 5.59. The van der Waals surface area contributed by atoms with Gasteiger partial charge in [0.15, 0.2) is 0 Å². The van der Waals surface area contributed by atoms with Gasteiger partial charge in [0.1, 0.15) is 0 Å². The molecule has 0 unspecified atom stereocenters. The maximum Gasteiger partial charge on any atom is 2.00 e. The summed E-state index contributed by atoms with van der Waals surface area (Å²) in [4.78, 5) is 206. The van der Waals surface area contributed by atoms with Crippen LogP contribution in [0.25, 0.3) is 0 Å². The summed E-state index contributed by atoms with van der Waals surface area (Å²) >= 11 is 0. The van der Waals surface area contributed by atoms with Gasteiger partial charge in [0.05, 0.1) is 127 Å². The molecule has 0 aliphatic rings. The average molecular weight is 3140 g/mol. The van der Waals surface area contributed by atoms with Gasteiger partial charge in [0.25, 0.3) is 0 Å². The van der Waals surface area contributed by atoms with Gasteiger partial charge < -0.3 is 383 Å². The summed E-state index contributed by atoms with van der Waals surface area (Å²) in [5, 5.41) is 369. The van der Waals surface area contributed by atoms with E-state index in [1.165, 1.54) is 0 Å². The van der Waals surface area contributed by atoms with E-state index in [1.807, 2.05) is 0 Å². The predicted molar refractivity (Wildman–Crippen MR) is 259 cm³/mol. The van der Waals surface area contributed by atoms with Crippen LogP contribution in [0, 0.1) is 383 Å². The molecule has 25 radical (unpaired) electrons. The standard InChI is InChI=1S/25Cu.25NO3/c;;;;;;;;;;;;;;;;;;;;;;;;;25*2-1(3)4/q25*+2;25*-1. The summed E-state index contributed by atoms with van der Waals surface area (Å²) in [6, 6.07) is 0. The first-order chi connectivity index (χ1) is 43.3. The molecule has 0 N–H and O–H groups in total. The van der Waals surface area contributed by atoms with Gasteiger partial charge in [-0.15, -0.1) is 0 Å². The molecule has 0 aromatic rings. The molecule has 125 heavy (non-hydrogen) atoms. The van der Waals surface area contributed by atoms with Crippen LogP contribution in [0.4, 0.5) is 0 Å². The molecular formula is Cu25N25O75+25. The zero-order valence-corrected chi connectivity index (χ0v) is 72.9. The molecule has 0 amide bonds. The average Bonchev–Trinajstić information content (AvgIpc) is 3.15. The number of hydrogen-bond donors (Lipinski definition) is 0. The minimum absolute atomic E-state index is 0. The molecule has 0 heterocycles. The minimum atomic E-state index is -1.75. The summed E-state index contributed by atoms with van der Waals surface area (Å²) in [5.74, 6) is 0. The molecule has 0 fully saturated rings. The Bertz CT molecular complexity index is 1440. The van der Waals surface area contributed by atoms with Crippen LogP contribution in [0.3, 0.4) is 0 Å². The molecule has 0 aliphatic heterocycles. The molecule has 0 aliphatic carbocycles. The largest absolute Gasteiger partial charge is 2.00 e. The molecule has 0 bridgehead atoms. The van der Waals surface area contributed by atoms with Crippen LogP contribution in [-0.2, 0) is 427 Å². The Hall–Kier alpha value is -7.01. The van der Waals surface area contributed by atoms with Crippen LogP contribution < -0.4 is 0 Å². The van der Waals surface area contributed by atoms with Crippen molar-refractivity contribution >= 4 is 0 Å². The van der Waals surface area contributed by atoms with Crippen molar-refractivity contribution in [1.29, 1.82) is 0 Å². The molecule has 0 aromatic carbocycles. The van der Waals surface area contributed by atoms with Crippen molar-refractivity contribution in [3.05, 3.63) is 383 Å². The molecule has 100 nitrogen and oxygen atoms in total. The molecule has 0 spiro atoms. The fourth-order valence-electron chi connectivity index (χ4n) is 0. The number of rotatable bonds is 0. The van der Waals surface area contributed by atoms with E-state index < -0.39 is 127 Å². The zero-order chi connectivity index (χ0) is 89.4. The number of hydrogen-bond acceptors (Lipinski definition) is 75. The Morgan fingerprint density at radius 1 is 0.0560 bits per heavy atom. The molecule has 125 heteroatoms. The Morgan fingerprint density at radius 3 is 0.0560 bits per heavy atom. The van der Waals surface area contributed by atoms with Crippen molar-refractivity contribution in [3.63, 3.8) is 0 Å². The van der Waals surface area contributed by atoms with Crippen LogP contribution in [-0.4, -0.2) is 127 Å². The third-order valence-electron chi connectivity index (χ3n) is 0. The van der Waals surface area contributed by atoms with Crippen molar-refractivity contribution < 1.29 is 554 Å². The second-order valence-electron chi connectivity index (χ2n) is 5.59. The van der Waals surface area contributed by atoms with Crippen LogP contribution in [0.1, 0.15) is 0 Å². The molecule has 0 saturated heterocycles. The van der Waals surface area contributed by atoms with Gasteiger partial charge in [-0.1, -0.05) is 0 Å². The van der Waals surface area contributed by atoms with E-state index in [9.17, 15) is 0 Å². The molecule has 825 valence electrons. The second kappa shape index (κ2) is 340. The van der Waals surface area contributed by atoms with E-state index >= 15 is 0 Å². The summed E-state index contributed by atoms with van der Waals surface area (Å²) in [5.41, 5.74) is 0. The summed E-state index contributed by atoms with van der Waals surface area (Å²) in [6.07, 6.45) is 0. The quantitative estimate of drug-likeness (QED) is 0.124. The maximum absolute atomic E-state index is 8.25. The van der Waals surface area contributed by atoms with Crippen LogP contribution in [0.2, 0.25) is 0 Å². The van der Waals surface area contributed by atoms with Crippen molar-refractivity contribution in [3.8, 4) is 0 Å². The molecular weight excluding hydrogens is 3140 g/mol. The van der Waals surface area contributed by atoms with Crippen molar-refractivity contribution in [2.45, 2.75) is 0 Å². The van der Waals surface area contributed by atoms with Crippen LogP contribution in [0.15, 0.2) is 0 Å². The first-order valence-corrected chi connectivity index (χ1v) is 13.7. The summed E-state index contributed by atoms with van der Waals surface area (Å²) in [7, 11) is 0. The van der Waals surface area contributed by atoms with Gasteiger partial charge in [-0.2, -0.15) is 0 Å². The Kier molecular flexibility index (Phi) is 952. The zero-order valence-electron chi connectivity index (χ0n) is 49.3. The Morgan fingerprint density at radius 2 is 0.0560 bits per heavy atom. The van der Waals surface area contributed by atoms with Gasteiger partial charge in [-0.25, -0.2) is 0 Å². The summed E-state index contributed by atoms with van der Waals surface area (Å²) < 4.78 is 0. The Balaban J connectivity index is -0.00000000968. The molecule has 0 aromatic heterocycles. The van der Waals surface area contributed by atoms with E-state index in [0.717, 1.165) is 0 Å². The predicted octanol–water partition coefficient (Wildman–Crippen LogP) is -6.04. The normalized spacial score (nSPS) is 4.80. The topological polar surface area (TPSA) is 1650 Å². The van der Waals surface area contributed by atoms with E-state index in [0.29, 0.717) is 0 Å². The first-order valence-electron chi connectivity index (χ1n) is 13.7. The van der Waals surface area contributed by atoms with Crippen LogP contribution >= 0.6 is 0 Å². The fourth-order valence-corrected chi connectivity index (χ4v) is 0. The van der Waals surface area contributed by atoms with Crippen molar-refractivity contribution in [1.82, 2.24) is 0 Å². The SMILES string of the molecule is O=[N+]([O-])[O-].O=[N+]([O-])[O-].O=[N+]([O-])[O-].O=[N+]([O-])[O-].O=[N+]([O-])[O-].O=[N+]([O-])[O-].O=[N+]([O-])[O-].O=[N+]([O-])[O-].O=[N+]([O-])[O-].O=[N+]([O-])[O-].O=[N+]([O-])[O-].O=[N+]([O-])[O-].O=[N+]([O-])[O-].O=[N+]([O-])[O-].O=[N+]([O-])[O-].O=[N+]([O-])[O-].O=[N+]([O-])[O-].O=[N+]([O-])[O-].O=[N+]([O-])[O-].O=[N+]([O-])[O-].O=[N+]([O-])[O-].O=[N+]([O-])[O-].O=[N+]([O-])[O-].O=[N+]([O-])[O-].O=[N+]([O-])[O-].[Cu+2].[Cu+2].[Cu+2].[Cu+2].[Cu+2].[Cu+2].[Cu+2].[Cu+2].[Cu+2].[Cu+2].[Cu+2].[Cu+2].[Cu+2].[Cu+2].[Cu+2].[Cu+2].[Cu+2].[Cu+2].[Cu+2].[Cu+2].[Cu+2].[Cu+2].[Cu+2].[Cu+2].[Cu+2]. The van der Waals surface area contributed by atoms with Gasteiger partial charge in [0.2, 0.25) is 0 Å². The van der Waals surface area contributed by atoms with E-state index in [-0.39, 0.29) is 427 Å². The third-order valence-corrected chi connectivity index (χ3v) is 0. The van der Waals surface area contributed by atoms with Gasteiger partial charge in [-0.05, 0) is 0 Å². The van der Waals surface area contributed by atoms with E-state index in [4.69, 9.17) is 383 Å². The van der Waals surface area contributed by atoms with Crippen molar-refractivity contribution in [2.75, 3.05) is 0 Å². The molecule has 0 rings (SSSR count). The minimum Gasteiger partial charge on any atom is -0.356 e. The maximum atomic E-state index is 8.25. The van der Waals surface area contributed by atoms with Gasteiger partial charge >= 0.3 is 427 Å². The monoisotopic (exact) mass is 3120 g/mol. The third kappa shape index (κ3) is 31500. The summed E-state index contributed by atoms with van der Waals surface area (Å²) in [6.45, 7) is 0. The smallest absolute Gasteiger partial charge is 0.356 e. The van der Waals surface area contributed by atoms with Gasteiger partial charge in [-0.3, -0.25) is 0 Å². The Labute approximate surface area is 926 Å². The van der Waals surface area contributed by atoms with Crippen molar-refractivity contribution in [2.24, 2.45) is 0 Å². The van der Waals surface area contributed by atoms with E-state index in [2.05, 4.69) is 0 Å². The van der Waals surface area contributed by atoms with Crippen LogP contribution in [0.5, 0.6) is 0 Å². The number of nitrogens with zero attached hydrogens (tertiary/aromatic N) is 25. The molecule has 0 atom stereocenters. The fraction of sp³-hybridized carbons (Fsp3) is 0. The first kappa shape index (κ1) is 349.